The third-order valence-corrected chi connectivity index (χ3v) is 9.58. The summed E-state index contributed by atoms with van der Waals surface area (Å²) < 4.78 is 7.07. The molecule has 4 aliphatic heterocycles. The fourth-order valence-corrected chi connectivity index (χ4v) is 7.58. The van der Waals surface area contributed by atoms with Crippen LogP contribution >= 0.6 is 0 Å². The van der Waals surface area contributed by atoms with Crippen LogP contribution in [0.3, 0.4) is 0 Å². The average Bonchev–Trinajstić information content (AvgIpc) is 3.25. The van der Waals surface area contributed by atoms with Crippen LogP contribution in [0, 0.1) is 11.8 Å². The molecule has 2 saturated heterocycles. The molecular weight excluding hydrogens is 518 g/mol. The van der Waals surface area contributed by atoms with Crippen LogP contribution in [-0.4, -0.2) is 82.2 Å². The molecule has 0 aliphatic carbocycles. The highest BCUT2D eigenvalue weighted by Crippen LogP contribution is 2.58. The molecule has 2 fully saturated rings. The minimum atomic E-state index is -1.22. The Bertz CT molecular complexity index is 1180. The van der Waals surface area contributed by atoms with E-state index in [9.17, 15) is 19.5 Å². The first-order valence-corrected chi connectivity index (χ1v) is 15.5. The van der Waals surface area contributed by atoms with E-state index < -0.39 is 29.1 Å². The van der Waals surface area contributed by atoms with Crippen molar-refractivity contribution in [2.45, 2.75) is 89.0 Å². The molecule has 0 bridgehead atoms. The minimum absolute atomic E-state index is 0.0231. The standard InChI is InChI=1S/C33H45N3O5/c1-4-15-24(3)34-21-14-19-33-27(30(39)36(28(33)31(34)40)20-11-6-7-12-23-37)26-29(38)35(25-16-9-8-10-17-25)22-13-18-32(26,5-2)41-33/h8-10,13-14,16-19,24,26-28,37H,4-7,11-12,15,20-23H2,1-3H3/t24?,26-,27-,28?,32+,33-/m0/s1. The molecule has 1 aromatic carbocycles. The first-order chi connectivity index (χ1) is 19.8. The van der Waals surface area contributed by atoms with Gasteiger partial charge in [-0.3, -0.25) is 14.4 Å². The van der Waals surface area contributed by atoms with Gasteiger partial charge in [0, 0.05) is 38.0 Å². The molecule has 0 radical (unpaired) electrons. The number of rotatable bonds is 11. The van der Waals surface area contributed by atoms with Gasteiger partial charge < -0.3 is 24.5 Å². The molecule has 4 heterocycles. The lowest BCUT2D eigenvalue weighted by Crippen LogP contribution is -2.57. The molecule has 41 heavy (non-hydrogen) atoms. The summed E-state index contributed by atoms with van der Waals surface area (Å²) >= 11 is 0. The number of carbonyl (C=O) groups is 3. The number of nitrogens with zero attached hydrogens (tertiary/aromatic N) is 3. The van der Waals surface area contributed by atoms with Crippen LogP contribution in [0.15, 0.2) is 54.6 Å². The van der Waals surface area contributed by atoms with Crippen molar-refractivity contribution in [1.29, 1.82) is 0 Å². The second-order valence-corrected chi connectivity index (χ2v) is 12.0. The van der Waals surface area contributed by atoms with Gasteiger partial charge in [0.25, 0.3) is 0 Å². The van der Waals surface area contributed by atoms with Gasteiger partial charge in [0.05, 0.1) is 17.4 Å². The van der Waals surface area contributed by atoms with E-state index in [1.165, 1.54) is 0 Å². The van der Waals surface area contributed by atoms with Crippen molar-refractivity contribution < 1.29 is 24.2 Å². The number of ether oxygens (including phenoxy) is 1. The molecule has 4 aliphatic rings. The number of aliphatic hydroxyl groups excluding tert-OH is 1. The summed E-state index contributed by atoms with van der Waals surface area (Å²) in [7, 11) is 0. The number of para-hydroxylation sites is 1. The molecule has 222 valence electrons. The van der Waals surface area contributed by atoms with E-state index in [4.69, 9.17) is 4.74 Å². The summed E-state index contributed by atoms with van der Waals surface area (Å²) in [6, 6.07) is 8.76. The summed E-state index contributed by atoms with van der Waals surface area (Å²) in [5, 5.41) is 9.20. The lowest BCUT2D eigenvalue weighted by Gasteiger charge is -2.39. The van der Waals surface area contributed by atoms with E-state index in [-0.39, 0.29) is 30.4 Å². The van der Waals surface area contributed by atoms with E-state index in [1.54, 1.807) is 9.80 Å². The second-order valence-electron chi connectivity index (χ2n) is 12.0. The minimum Gasteiger partial charge on any atom is -0.396 e. The number of hydrogen-bond donors (Lipinski definition) is 1. The number of amides is 3. The van der Waals surface area contributed by atoms with Crippen molar-refractivity contribution in [3.05, 3.63) is 54.6 Å². The van der Waals surface area contributed by atoms with Crippen molar-refractivity contribution in [2.24, 2.45) is 11.8 Å². The van der Waals surface area contributed by atoms with Gasteiger partial charge in [0.2, 0.25) is 17.7 Å². The Hall–Kier alpha value is -2.97. The highest BCUT2D eigenvalue weighted by Gasteiger charge is 2.75. The van der Waals surface area contributed by atoms with E-state index in [2.05, 4.69) is 13.8 Å². The van der Waals surface area contributed by atoms with Crippen LogP contribution in [0.2, 0.25) is 0 Å². The quantitative estimate of drug-likeness (QED) is 0.324. The van der Waals surface area contributed by atoms with E-state index in [0.717, 1.165) is 37.8 Å². The Morgan fingerprint density at radius 3 is 2.37 bits per heavy atom. The Morgan fingerprint density at radius 2 is 1.66 bits per heavy atom. The zero-order valence-corrected chi connectivity index (χ0v) is 24.7. The Morgan fingerprint density at radius 1 is 0.927 bits per heavy atom. The van der Waals surface area contributed by atoms with Gasteiger partial charge in [-0.2, -0.15) is 0 Å². The topological polar surface area (TPSA) is 90.4 Å². The zero-order chi connectivity index (χ0) is 29.2. The lowest BCUT2D eigenvalue weighted by atomic mass is 9.73. The van der Waals surface area contributed by atoms with Crippen LogP contribution in [0.5, 0.6) is 0 Å². The first-order valence-electron chi connectivity index (χ1n) is 15.5. The number of unbranched alkanes of at least 4 members (excludes halogenated alkanes) is 3. The van der Waals surface area contributed by atoms with Crippen LogP contribution in [0.1, 0.15) is 65.7 Å². The lowest BCUT2D eigenvalue weighted by molar-refractivity contribution is -0.153. The predicted octanol–water partition coefficient (Wildman–Crippen LogP) is 4.09. The molecule has 1 spiro atoms. The van der Waals surface area contributed by atoms with Crippen molar-refractivity contribution in [3.8, 4) is 0 Å². The van der Waals surface area contributed by atoms with E-state index >= 15 is 0 Å². The number of carbonyl (C=O) groups excluding carboxylic acids is 3. The van der Waals surface area contributed by atoms with Crippen LogP contribution in [0.25, 0.3) is 0 Å². The Kier molecular flexibility index (Phi) is 8.71. The van der Waals surface area contributed by atoms with Crippen LogP contribution in [0.4, 0.5) is 5.69 Å². The predicted molar refractivity (Wildman–Crippen MR) is 158 cm³/mol. The monoisotopic (exact) mass is 563 g/mol. The van der Waals surface area contributed by atoms with Gasteiger partial charge >= 0.3 is 0 Å². The molecule has 8 heteroatoms. The number of fused-ring (bicyclic) bond motifs is 2. The van der Waals surface area contributed by atoms with Crippen molar-refractivity contribution in [2.75, 3.05) is 31.1 Å². The molecule has 5 rings (SSSR count). The first kappa shape index (κ1) is 29.5. The van der Waals surface area contributed by atoms with Gasteiger partial charge in [-0.1, -0.05) is 75.6 Å². The molecule has 1 aromatic rings. The fraction of sp³-hybridized carbons (Fsp3) is 0.606. The molecule has 2 unspecified atom stereocenters. The third kappa shape index (κ3) is 4.93. The maximum absolute atomic E-state index is 14.5. The molecule has 8 nitrogen and oxygen atoms in total. The van der Waals surface area contributed by atoms with Gasteiger partial charge in [-0.15, -0.1) is 0 Å². The number of hydrogen-bond acceptors (Lipinski definition) is 5. The number of anilines is 1. The number of benzene rings is 1. The molecule has 1 N–H and O–H groups in total. The smallest absolute Gasteiger partial charge is 0.249 e. The summed E-state index contributed by atoms with van der Waals surface area (Å²) in [5.41, 5.74) is -1.42. The van der Waals surface area contributed by atoms with E-state index in [0.29, 0.717) is 32.5 Å². The zero-order valence-electron chi connectivity index (χ0n) is 24.7. The molecule has 0 saturated carbocycles. The second kappa shape index (κ2) is 12.1. The van der Waals surface area contributed by atoms with E-state index in [1.807, 2.05) is 66.5 Å². The fourth-order valence-electron chi connectivity index (χ4n) is 7.58. The highest BCUT2D eigenvalue weighted by atomic mass is 16.5. The normalized spacial score (nSPS) is 31.7. The SMILES string of the molecule is CCCC(C)N1CC=C[C@]23O[C@]4(CC)C=CCN(c5ccccc5)C(=O)[C@@H]4[C@H]2C(=O)N(CCCCCCO)C3C1=O. The summed E-state index contributed by atoms with van der Waals surface area (Å²) in [6.07, 6.45) is 13.4. The Balaban J connectivity index is 1.58. The highest BCUT2D eigenvalue weighted by molar-refractivity contribution is 6.04. The molecule has 0 aromatic heterocycles. The molecule has 3 amide bonds. The van der Waals surface area contributed by atoms with Crippen LogP contribution in [-0.2, 0) is 19.1 Å². The summed E-state index contributed by atoms with van der Waals surface area (Å²) in [5.74, 6) is -1.95. The maximum atomic E-state index is 14.5. The molecule has 6 atom stereocenters. The number of aliphatic hydroxyl groups is 1. The average molecular weight is 564 g/mol. The Labute approximate surface area is 244 Å². The third-order valence-electron chi connectivity index (χ3n) is 9.58. The van der Waals surface area contributed by atoms with Crippen molar-refractivity contribution in [1.82, 2.24) is 9.80 Å². The summed E-state index contributed by atoms with van der Waals surface area (Å²) in [6.45, 7) is 7.59. The molecular formula is C33H45N3O5. The largest absolute Gasteiger partial charge is 0.396 e. The number of likely N-dealkylation sites (tertiary alicyclic amines) is 1. The van der Waals surface area contributed by atoms with Gasteiger partial charge in [-0.25, -0.2) is 0 Å². The van der Waals surface area contributed by atoms with Gasteiger partial charge in [0.1, 0.15) is 11.6 Å². The summed E-state index contributed by atoms with van der Waals surface area (Å²) in [4.78, 5) is 48.9. The van der Waals surface area contributed by atoms with Crippen LogP contribution < -0.4 is 4.90 Å². The van der Waals surface area contributed by atoms with Gasteiger partial charge in [-0.05, 0) is 44.7 Å². The maximum Gasteiger partial charge on any atom is 0.249 e. The van der Waals surface area contributed by atoms with Crippen molar-refractivity contribution in [3.63, 3.8) is 0 Å². The van der Waals surface area contributed by atoms with Gasteiger partial charge in [0.15, 0.2) is 0 Å². The van der Waals surface area contributed by atoms with Crippen molar-refractivity contribution >= 4 is 23.4 Å².